The molecule has 1 aliphatic heterocycles. The van der Waals surface area contributed by atoms with Crippen LogP contribution in [0.1, 0.15) is 18.4 Å². The lowest BCUT2D eigenvalue weighted by Crippen LogP contribution is -2.34. The van der Waals surface area contributed by atoms with Crippen molar-refractivity contribution >= 4 is 17.8 Å². The van der Waals surface area contributed by atoms with Gasteiger partial charge in [0.1, 0.15) is 11.9 Å². The number of hydrogen-bond acceptors (Lipinski definition) is 3. The van der Waals surface area contributed by atoms with Crippen LogP contribution in [0.3, 0.4) is 0 Å². The van der Waals surface area contributed by atoms with Crippen molar-refractivity contribution in [1.82, 2.24) is 0 Å². The summed E-state index contributed by atoms with van der Waals surface area (Å²) in [5.41, 5.74) is -0.412. The van der Waals surface area contributed by atoms with E-state index in [4.69, 9.17) is 4.74 Å². The van der Waals surface area contributed by atoms with E-state index in [2.05, 4.69) is 5.32 Å². The van der Waals surface area contributed by atoms with Crippen molar-refractivity contribution in [2.24, 2.45) is 0 Å². The molecule has 0 unspecified atom stereocenters. The number of alkyl halides is 4. The summed E-state index contributed by atoms with van der Waals surface area (Å²) in [5.74, 6) is 0.910. The molecule has 1 saturated heterocycles. The second-order valence-electron chi connectivity index (χ2n) is 6.21. The Balaban J connectivity index is 0.000000292. The molecule has 1 N–H and O–H groups in total. The van der Waals surface area contributed by atoms with Gasteiger partial charge in [-0.25, -0.2) is 4.39 Å². The van der Waals surface area contributed by atoms with Gasteiger partial charge in [0.15, 0.2) is 0 Å². The van der Waals surface area contributed by atoms with Crippen molar-refractivity contribution in [3.8, 4) is 5.75 Å². The Labute approximate surface area is 161 Å². The van der Waals surface area contributed by atoms with Gasteiger partial charge in [-0.3, -0.25) is 4.79 Å². The first-order valence-electron chi connectivity index (χ1n) is 8.74. The third-order valence-electron chi connectivity index (χ3n) is 4.24. The maximum absolute atomic E-state index is 13.1. The van der Waals surface area contributed by atoms with Gasteiger partial charge in [0.2, 0.25) is 6.41 Å². The van der Waals surface area contributed by atoms with Gasteiger partial charge >= 0.3 is 6.18 Å². The number of carbonyl (C=O) groups excluding carboxylic acids is 1. The standard InChI is InChI=1S/C13H14F4N2O.C7H8O/c14-10-1-3-19(4-2-10)12-6-9(13(15,16)17)5-11(7-12)18-8-20;1-8-7-5-3-2-4-6-7/h5-8,10H,1-4H2,(H,18,20);2-6H,1H3. The minimum Gasteiger partial charge on any atom is -0.497 e. The molecule has 0 atom stereocenters. The molecular weight excluding hydrogens is 376 g/mol. The third-order valence-corrected chi connectivity index (χ3v) is 4.24. The summed E-state index contributed by atoms with van der Waals surface area (Å²) in [5, 5.41) is 2.23. The van der Waals surface area contributed by atoms with Crippen molar-refractivity contribution in [1.29, 1.82) is 0 Å². The van der Waals surface area contributed by atoms with E-state index in [1.807, 2.05) is 30.3 Å². The van der Waals surface area contributed by atoms with E-state index in [-0.39, 0.29) is 5.69 Å². The van der Waals surface area contributed by atoms with Crippen molar-refractivity contribution in [3.63, 3.8) is 0 Å². The van der Waals surface area contributed by atoms with Gasteiger partial charge < -0.3 is 15.0 Å². The fourth-order valence-corrected chi connectivity index (χ4v) is 2.77. The van der Waals surface area contributed by atoms with Gasteiger partial charge in [-0.05, 0) is 43.2 Å². The second-order valence-corrected chi connectivity index (χ2v) is 6.21. The number of carbonyl (C=O) groups is 1. The van der Waals surface area contributed by atoms with Crippen LogP contribution in [-0.2, 0) is 11.0 Å². The molecule has 1 fully saturated rings. The number of nitrogens with one attached hydrogen (secondary N) is 1. The molecule has 4 nitrogen and oxygen atoms in total. The van der Waals surface area contributed by atoms with Crippen LogP contribution in [0.2, 0.25) is 0 Å². The molecule has 2 aromatic carbocycles. The molecule has 0 aliphatic carbocycles. The maximum atomic E-state index is 13.1. The first-order chi connectivity index (χ1) is 13.3. The molecule has 1 aliphatic rings. The van der Waals surface area contributed by atoms with Gasteiger partial charge in [0.05, 0.1) is 12.7 Å². The lowest BCUT2D eigenvalue weighted by Gasteiger charge is -2.31. The summed E-state index contributed by atoms with van der Waals surface area (Å²) in [6.45, 7) is 0.728. The van der Waals surface area contributed by atoms with Crippen LogP contribution in [0.4, 0.5) is 28.9 Å². The minimum atomic E-state index is -4.49. The Hall–Kier alpha value is -2.77. The smallest absolute Gasteiger partial charge is 0.416 e. The third kappa shape index (κ3) is 6.44. The van der Waals surface area contributed by atoms with Gasteiger partial charge in [-0.2, -0.15) is 13.2 Å². The second kappa shape index (κ2) is 9.96. The highest BCUT2D eigenvalue weighted by atomic mass is 19.4. The highest BCUT2D eigenvalue weighted by Crippen LogP contribution is 2.35. The number of halogens is 4. The van der Waals surface area contributed by atoms with Gasteiger partial charge in [0.25, 0.3) is 0 Å². The fourth-order valence-electron chi connectivity index (χ4n) is 2.77. The molecule has 28 heavy (non-hydrogen) atoms. The zero-order chi connectivity index (χ0) is 20.6. The Kier molecular flexibility index (Phi) is 7.66. The predicted octanol–water partition coefficient (Wildman–Crippen LogP) is 4.91. The van der Waals surface area contributed by atoms with E-state index in [1.165, 1.54) is 6.07 Å². The molecular formula is C20H22F4N2O2. The zero-order valence-electron chi connectivity index (χ0n) is 15.4. The van der Waals surface area contributed by atoms with Crippen LogP contribution in [0.15, 0.2) is 48.5 Å². The number of benzene rings is 2. The van der Waals surface area contributed by atoms with Crippen molar-refractivity contribution in [2.75, 3.05) is 30.4 Å². The number of nitrogens with zero attached hydrogens (tertiary/aromatic N) is 1. The topological polar surface area (TPSA) is 41.6 Å². The highest BCUT2D eigenvalue weighted by Gasteiger charge is 2.32. The molecule has 1 amide bonds. The zero-order valence-corrected chi connectivity index (χ0v) is 15.4. The first-order valence-corrected chi connectivity index (χ1v) is 8.74. The minimum absolute atomic E-state index is 0.0761. The van der Waals surface area contributed by atoms with Crippen LogP contribution in [-0.4, -0.2) is 32.8 Å². The van der Waals surface area contributed by atoms with Gasteiger partial charge in [-0.15, -0.1) is 0 Å². The Bertz CT molecular complexity index is 746. The number of para-hydroxylation sites is 1. The predicted molar refractivity (Wildman–Crippen MR) is 100 cm³/mol. The summed E-state index contributed by atoms with van der Waals surface area (Å²) in [6.07, 6.45) is -4.47. The largest absolute Gasteiger partial charge is 0.497 e. The summed E-state index contributed by atoms with van der Waals surface area (Å²) >= 11 is 0. The number of ether oxygens (including phenoxy) is 1. The molecule has 0 bridgehead atoms. The average Bonchev–Trinajstić information content (AvgIpc) is 2.69. The lowest BCUT2D eigenvalue weighted by atomic mass is 10.1. The number of piperidine rings is 1. The van der Waals surface area contributed by atoms with Crippen LogP contribution >= 0.6 is 0 Å². The fraction of sp³-hybridized carbons (Fsp3) is 0.350. The van der Waals surface area contributed by atoms with Crippen molar-refractivity contribution < 1.29 is 27.1 Å². The SMILES string of the molecule is COc1ccccc1.O=CNc1cc(N2CCC(F)CC2)cc(C(F)(F)F)c1. The quantitative estimate of drug-likeness (QED) is 0.588. The van der Waals surface area contributed by atoms with E-state index in [1.54, 1.807) is 12.0 Å². The number of rotatable bonds is 4. The summed E-state index contributed by atoms with van der Waals surface area (Å²) < 4.78 is 56.5. The van der Waals surface area contributed by atoms with Gasteiger partial charge in [0, 0.05) is 24.5 Å². The Morgan fingerprint density at radius 1 is 1.11 bits per heavy atom. The van der Waals surface area contributed by atoms with Crippen LogP contribution in [0, 0.1) is 0 Å². The van der Waals surface area contributed by atoms with Crippen LogP contribution in [0.25, 0.3) is 0 Å². The number of anilines is 2. The molecule has 0 spiro atoms. The lowest BCUT2D eigenvalue weighted by molar-refractivity contribution is -0.137. The Morgan fingerprint density at radius 2 is 1.75 bits per heavy atom. The molecule has 152 valence electrons. The molecule has 3 rings (SSSR count). The maximum Gasteiger partial charge on any atom is 0.416 e. The van der Waals surface area contributed by atoms with E-state index < -0.39 is 17.9 Å². The number of hydrogen-bond donors (Lipinski definition) is 1. The van der Waals surface area contributed by atoms with E-state index in [0.29, 0.717) is 38.0 Å². The summed E-state index contributed by atoms with van der Waals surface area (Å²) in [7, 11) is 1.66. The van der Waals surface area contributed by atoms with Crippen molar-refractivity contribution in [2.45, 2.75) is 25.2 Å². The molecule has 0 radical (unpaired) electrons. The molecule has 8 heteroatoms. The van der Waals surface area contributed by atoms with E-state index in [0.717, 1.165) is 17.9 Å². The molecule has 0 aromatic heterocycles. The van der Waals surface area contributed by atoms with E-state index >= 15 is 0 Å². The highest BCUT2D eigenvalue weighted by molar-refractivity contribution is 5.74. The van der Waals surface area contributed by atoms with E-state index in [9.17, 15) is 22.4 Å². The van der Waals surface area contributed by atoms with Crippen LogP contribution in [0.5, 0.6) is 5.75 Å². The average molecular weight is 398 g/mol. The number of amides is 1. The molecule has 1 heterocycles. The first kappa shape index (κ1) is 21.5. The molecule has 0 saturated carbocycles. The Morgan fingerprint density at radius 3 is 2.25 bits per heavy atom. The summed E-state index contributed by atoms with van der Waals surface area (Å²) in [6, 6.07) is 13.0. The van der Waals surface area contributed by atoms with Gasteiger partial charge in [-0.1, -0.05) is 18.2 Å². The van der Waals surface area contributed by atoms with Crippen LogP contribution < -0.4 is 15.0 Å². The summed E-state index contributed by atoms with van der Waals surface area (Å²) in [4.78, 5) is 12.1. The number of methoxy groups -OCH3 is 1. The van der Waals surface area contributed by atoms with Crippen molar-refractivity contribution in [3.05, 3.63) is 54.1 Å². The monoisotopic (exact) mass is 398 g/mol. The molecule has 2 aromatic rings. The normalized spacial score (nSPS) is 14.7.